The summed E-state index contributed by atoms with van der Waals surface area (Å²) in [4.78, 5) is 26.2. The first-order valence-corrected chi connectivity index (χ1v) is 8.72. The summed E-state index contributed by atoms with van der Waals surface area (Å²) in [7, 11) is 2.81. The number of esters is 1. The Morgan fingerprint density at radius 3 is 2.46 bits per heavy atom. The molecule has 2 aromatic carbocycles. The highest BCUT2D eigenvalue weighted by molar-refractivity contribution is 5.93. The second-order valence-corrected chi connectivity index (χ2v) is 6.26. The van der Waals surface area contributed by atoms with E-state index >= 15 is 0 Å². The Morgan fingerprint density at radius 1 is 1.11 bits per heavy atom. The minimum absolute atomic E-state index is 0.0773. The van der Waals surface area contributed by atoms with Crippen LogP contribution in [0.15, 0.2) is 48.5 Å². The van der Waals surface area contributed by atoms with Crippen LogP contribution in [0.3, 0.4) is 0 Å². The van der Waals surface area contributed by atoms with Gasteiger partial charge in [0.25, 0.3) is 0 Å². The van der Waals surface area contributed by atoms with Gasteiger partial charge in [-0.1, -0.05) is 12.1 Å². The number of hydrogen-bond acceptors (Lipinski definition) is 5. The second kappa shape index (κ2) is 8.60. The number of rotatable bonds is 5. The average Bonchev–Trinajstić information content (AvgIpc) is 3.14. The second-order valence-electron chi connectivity index (χ2n) is 6.26. The molecule has 1 N–H and O–H groups in total. The third-order valence-electron chi connectivity index (χ3n) is 4.47. The molecule has 148 valence electrons. The van der Waals surface area contributed by atoms with E-state index in [1.807, 2.05) is 0 Å². The maximum atomic E-state index is 13.9. The molecule has 28 heavy (non-hydrogen) atoms. The van der Waals surface area contributed by atoms with Gasteiger partial charge >= 0.3 is 12.0 Å². The van der Waals surface area contributed by atoms with Gasteiger partial charge in [0.2, 0.25) is 0 Å². The Labute approximate surface area is 162 Å². The molecule has 2 atom stereocenters. The molecule has 1 heterocycles. The molecular formula is C20H21FN2O5. The van der Waals surface area contributed by atoms with Crippen molar-refractivity contribution in [3.63, 3.8) is 0 Å². The molecule has 0 bridgehead atoms. The van der Waals surface area contributed by atoms with Crippen LogP contribution in [0.1, 0.15) is 6.42 Å². The minimum Gasteiger partial charge on any atom is -0.497 e. The summed E-state index contributed by atoms with van der Waals surface area (Å²) in [5.41, 5.74) is 0.549. The van der Waals surface area contributed by atoms with Crippen molar-refractivity contribution in [2.24, 2.45) is 0 Å². The number of anilines is 1. The van der Waals surface area contributed by atoms with Crippen molar-refractivity contribution in [3.05, 3.63) is 54.3 Å². The van der Waals surface area contributed by atoms with Crippen LogP contribution in [0, 0.1) is 5.82 Å². The van der Waals surface area contributed by atoms with Crippen molar-refractivity contribution in [2.45, 2.75) is 18.6 Å². The predicted molar refractivity (Wildman–Crippen MR) is 100.0 cm³/mol. The van der Waals surface area contributed by atoms with E-state index in [4.69, 9.17) is 14.2 Å². The zero-order valence-corrected chi connectivity index (χ0v) is 15.6. The largest absolute Gasteiger partial charge is 0.497 e. The maximum Gasteiger partial charge on any atom is 0.328 e. The number of methoxy groups -OCH3 is 2. The first-order chi connectivity index (χ1) is 13.5. The summed E-state index contributed by atoms with van der Waals surface area (Å²) in [6, 6.07) is 11.5. The third-order valence-corrected chi connectivity index (χ3v) is 4.47. The fourth-order valence-corrected chi connectivity index (χ4v) is 3.06. The quantitative estimate of drug-likeness (QED) is 0.797. The van der Waals surface area contributed by atoms with E-state index in [-0.39, 0.29) is 18.7 Å². The normalized spacial score (nSPS) is 18.5. The lowest BCUT2D eigenvalue weighted by Crippen LogP contribution is -2.43. The van der Waals surface area contributed by atoms with Crippen LogP contribution in [0.2, 0.25) is 0 Å². The molecule has 2 aromatic rings. The SMILES string of the molecule is COC(=O)C1CC(Oc2ccccc2F)CN1C(=O)Nc1ccc(OC)cc1. The highest BCUT2D eigenvalue weighted by atomic mass is 19.1. The highest BCUT2D eigenvalue weighted by Crippen LogP contribution is 2.26. The Hall–Kier alpha value is -3.29. The number of ether oxygens (including phenoxy) is 3. The fourth-order valence-electron chi connectivity index (χ4n) is 3.06. The predicted octanol–water partition coefficient (Wildman–Crippen LogP) is 3.06. The van der Waals surface area contributed by atoms with Crippen LogP contribution in [-0.4, -0.2) is 49.8 Å². The number of carbonyl (C=O) groups excluding carboxylic acids is 2. The van der Waals surface area contributed by atoms with Crippen molar-refractivity contribution >= 4 is 17.7 Å². The van der Waals surface area contributed by atoms with Gasteiger partial charge in [-0.25, -0.2) is 14.0 Å². The average molecular weight is 388 g/mol. The van der Waals surface area contributed by atoms with Gasteiger partial charge in [0.05, 0.1) is 20.8 Å². The van der Waals surface area contributed by atoms with Gasteiger partial charge in [-0.05, 0) is 36.4 Å². The molecule has 7 nitrogen and oxygen atoms in total. The van der Waals surface area contributed by atoms with Gasteiger partial charge in [0.1, 0.15) is 17.9 Å². The number of para-hydroxylation sites is 1. The minimum atomic E-state index is -0.819. The topological polar surface area (TPSA) is 77.1 Å². The van der Waals surface area contributed by atoms with Crippen LogP contribution < -0.4 is 14.8 Å². The first-order valence-electron chi connectivity index (χ1n) is 8.72. The molecule has 2 unspecified atom stereocenters. The van der Waals surface area contributed by atoms with Crippen molar-refractivity contribution in [1.29, 1.82) is 0 Å². The number of likely N-dealkylation sites (tertiary alicyclic amines) is 1. The van der Waals surface area contributed by atoms with Gasteiger partial charge in [0.15, 0.2) is 11.6 Å². The monoisotopic (exact) mass is 388 g/mol. The van der Waals surface area contributed by atoms with Gasteiger partial charge in [-0.2, -0.15) is 0 Å². The van der Waals surface area contributed by atoms with Crippen molar-refractivity contribution in [3.8, 4) is 11.5 Å². The first kappa shape index (κ1) is 19.5. The van der Waals surface area contributed by atoms with E-state index in [2.05, 4.69) is 5.32 Å². The summed E-state index contributed by atoms with van der Waals surface area (Å²) < 4.78 is 29.4. The third kappa shape index (κ3) is 4.33. The lowest BCUT2D eigenvalue weighted by Gasteiger charge is -2.22. The Balaban J connectivity index is 1.72. The Morgan fingerprint density at radius 2 is 1.82 bits per heavy atom. The molecule has 1 aliphatic rings. The standard InChI is InChI=1S/C20H21FN2O5/c1-26-14-9-7-13(8-10-14)22-20(25)23-12-15(11-17(23)19(24)27-2)28-18-6-4-3-5-16(18)21/h3-10,15,17H,11-12H2,1-2H3,(H,22,25). The summed E-state index contributed by atoms with van der Waals surface area (Å²) in [5, 5.41) is 2.73. The van der Waals surface area contributed by atoms with Crippen LogP contribution in [0.5, 0.6) is 11.5 Å². The molecule has 2 amide bonds. The van der Waals surface area contributed by atoms with Gasteiger partial charge < -0.3 is 24.4 Å². The number of amides is 2. The molecule has 3 rings (SSSR count). The van der Waals surface area contributed by atoms with Gasteiger partial charge in [0, 0.05) is 12.1 Å². The number of benzene rings is 2. The Bertz CT molecular complexity index is 843. The molecule has 0 spiro atoms. The van der Waals surface area contributed by atoms with Crippen molar-refractivity contribution in [1.82, 2.24) is 4.90 Å². The number of nitrogens with zero attached hydrogens (tertiary/aromatic N) is 1. The molecule has 1 aliphatic heterocycles. The van der Waals surface area contributed by atoms with Crippen molar-refractivity contribution in [2.75, 3.05) is 26.1 Å². The molecule has 1 fully saturated rings. The number of carbonyl (C=O) groups is 2. The van der Waals surface area contributed by atoms with Gasteiger partial charge in [-0.3, -0.25) is 0 Å². The summed E-state index contributed by atoms with van der Waals surface area (Å²) in [6.07, 6.45) is -0.334. The van der Waals surface area contributed by atoms with Crippen LogP contribution in [0.25, 0.3) is 0 Å². The zero-order valence-electron chi connectivity index (χ0n) is 15.6. The fraction of sp³-hybridized carbons (Fsp3) is 0.300. The molecule has 0 aliphatic carbocycles. The number of nitrogens with one attached hydrogen (secondary N) is 1. The molecule has 8 heteroatoms. The summed E-state index contributed by atoms with van der Waals surface area (Å²) >= 11 is 0. The van der Waals surface area contributed by atoms with E-state index in [9.17, 15) is 14.0 Å². The smallest absolute Gasteiger partial charge is 0.328 e. The Kier molecular flexibility index (Phi) is 5.98. The van der Waals surface area contributed by atoms with Crippen LogP contribution in [-0.2, 0) is 9.53 Å². The van der Waals surface area contributed by atoms with Crippen LogP contribution in [0.4, 0.5) is 14.9 Å². The molecule has 0 aromatic heterocycles. The zero-order chi connectivity index (χ0) is 20.1. The van der Waals surface area contributed by atoms with E-state index in [0.717, 1.165) is 0 Å². The van der Waals surface area contributed by atoms with E-state index in [1.165, 1.54) is 24.1 Å². The maximum absolute atomic E-state index is 13.9. The van der Waals surface area contributed by atoms with E-state index in [0.29, 0.717) is 11.4 Å². The molecule has 0 radical (unpaired) electrons. The molecular weight excluding hydrogens is 367 g/mol. The lowest BCUT2D eigenvalue weighted by molar-refractivity contribution is -0.144. The summed E-state index contributed by atoms with van der Waals surface area (Å²) in [5.74, 6) is -0.318. The van der Waals surface area contributed by atoms with E-state index < -0.39 is 30.0 Å². The number of halogens is 1. The van der Waals surface area contributed by atoms with Crippen LogP contribution >= 0.6 is 0 Å². The van der Waals surface area contributed by atoms with Gasteiger partial charge in [-0.15, -0.1) is 0 Å². The lowest BCUT2D eigenvalue weighted by atomic mass is 10.2. The summed E-state index contributed by atoms with van der Waals surface area (Å²) in [6.45, 7) is 0.121. The number of hydrogen-bond donors (Lipinski definition) is 1. The van der Waals surface area contributed by atoms with Crippen molar-refractivity contribution < 1.29 is 28.2 Å². The number of urea groups is 1. The molecule has 1 saturated heterocycles. The molecule has 0 saturated carbocycles. The highest BCUT2D eigenvalue weighted by Gasteiger charge is 2.41. The van der Waals surface area contributed by atoms with E-state index in [1.54, 1.807) is 43.5 Å².